The number of alkyl halides is 3. The van der Waals surface area contributed by atoms with Crippen molar-refractivity contribution in [3.05, 3.63) is 76.8 Å². The van der Waals surface area contributed by atoms with E-state index >= 15 is 0 Å². The van der Waals surface area contributed by atoms with Gasteiger partial charge in [0.25, 0.3) is 5.91 Å². The largest absolute Gasteiger partial charge is 0.416 e. The van der Waals surface area contributed by atoms with E-state index in [0.29, 0.717) is 17.8 Å². The first-order chi connectivity index (χ1) is 18.0. The normalized spacial score (nSPS) is 18.6. The molecule has 8 nitrogen and oxygen atoms in total. The van der Waals surface area contributed by atoms with E-state index in [-0.39, 0.29) is 36.7 Å². The number of benzene rings is 1. The van der Waals surface area contributed by atoms with Crippen molar-refractivity contribution in [2.24, 2.45) is 5.92 Å². The van der Waals surface area contributed by atoms with Gasteiger partial charge in [-0.25, -0.2) is 4.79 Å². The van der Waals surface area contributed by atoms with E-state index in [0.717, 1.165) is 6.07 Å². The molecule has 1 aromatic carbocycles. The highest BCUT2D eigenvalue weighted by molar-refractivity contribution is 6.03. The second-order valence-corrected chi connectivity index (χ2v) is 9.69. The highest BCUT2D eigenvalue weighted by Gasteiger charge is 2.48. The van der Waals surface area contributed by atoms with Crippen LogP contribution in [0.5, 0.6) is 0 Å². The van der Waals surface area contributed by atoms with Crippen molar-refractivity contribution >= 4 is 17.8 Å². The van der Waals surface area contributed by atoms with Gasteiger partial charge in [0.05, 0.1) is 41.7 Å². The van der Waals surface area contributed by atoms with Crippen LogP contribution in [0.3, 0.4) is 0 Å². The van der Waals surface area contributed by atoms with Crippen molar-refractivity contribution in [2.45, 2.75) is 52.0 Å². The van der Waals surface area contributed by atoms with Gasteiger partial charge in [0, 0.05) is 12.7 Å². The lowest BCUT2D eigenvalue weighted by molar-refractivity contribution is -0.139. The van der Waals surface area contributed by atoms with E-state index < -0.39 is 41.7 Å². The first-order valence-corrected chi connectivity index (χ1v) is 12.5. The SMILES string of the molecule is CCN1C(=O)N[C@H](c2ccccc2C(F)(F)F)C2=C1CN([C@@H](CC(C)C)C(=O)NCc1ccccn1)C2=O. The molecule has 0 saturated carbocycles. The van der Waals surface area contributed by atoms with Gasteiger partial charge in [-0.15, -0.1) is 0 Å². The van der Waals surface area contributed by atoms with Crippen LogP contribution in [0.2, 0.25) is 0 Å². The molecule has 38 heavy (non-hydrogen) atoms. The predicted molar refractivity (Wildman–Crippen MR) is 133 cm³/mol. The molecule has 0 radical (unpaired) electrons. The Morgan fingerprint density at radius 2 is 1.87 bits per heavy atom. The molecule has 0 unspecified atom stereocenters. The number of likely N-dealkylation sites (N-methyl/N-ethyl adjacent to an activating group) is 1. The topological polar surface area (TPSA) is 94.6 Å². The van der Waals surface area contributed by atoms with Gasteiger partial charge in [-0.2, -0.15) is 13.2 Å². The zero-order chi connectivity index (χ0) is 27.6. The fourth-order valence-electron chi connectivity index (χ4n) is 4.96. The molecule has 2 N–H and O–H groups in total. The lowest BCUT2D eigenvalue weighted by Crippen LogP contribution is -2.49. The molecule has 0 spiro atoms. The Bertz CT molecular complexity index is 1250. The van der Waals surface area contributed by atoms with Crippen LogP contribution in [-0.2, 0) is 22.3 Å². The number of amides is 4. The van der Waals surface area contributed by atoms with Gasteiger partial charge < -0.3 is 15.5 Å². The van der Waals surface area contributed by atoms with Crippen LogP contribution >= 0.6 is 0 Å². The summed E-state index contributed by atoms with van der Waals surface area (Å²) in [6.45, 7) is 5.85. The van der Waals surface area contributed by atoms with Crippen molar-refractivity contribution in [1.82, 2.24) is 25.4 Å². The van der Waals surface area contributed by atoms with E-state index in [4.69, 9.17) is 0 Å². The van der Waals surface area contributed by atoms with Crippen molar-refractivity contribution in [1.29, 1.82) is 0 Å². The number of pyridine rings is 1. The summed E-state index contributed by atoms with van der Waals surface area (Å²) in [7, 11) is 0. The Labute approximate surface area is 218 Å². The second-order valence-electron chi connectivity index (χ2n) is 9.69. The van der Waals surface area contributed by atoms with E-state index in [1.54, 1.807) is 31.3 Å². The number of urea groups is 1. The summed E-state index contributed by atoms with van der Waals surface area (Å²) in [5.74, 6) is -0.930. The Kier molecular flexibility index (Phi) is 7.75. The Balaban J connectivity index is 1.69. The fourth-order valence-corrected chi connectivity index (χ4v) is 4.96. The van der Waals surface area contributed by atoms with Crippen LogP contribution in [0.25, 0.3) is 0 Å². The molecule has 4 rings (SSSR count). The highest BCUT2D eigenvalue weighted by atomic mass is 19.4. The van der Waals surface area contributed by atoms with E-state index in [2.05, 4.69) is 15.6 Å². The van der Waals surface area contributed by atoms with Crippen molar-refractivity contribution in [2.75, 3.05) is 13.1 Å². The fraction of sp³-hybridized carbons (Fsp3) is 0.407. The molecule has 2 aliphatic heterocycles. The Hall–Kier alpha value is -3.89. The second kappa shape index (κ2) is 10.8. The highest BCUT2D eigenvalue weighted by Crippen LogP contribution is 2.42. The number of aromatic nitrogens is 1. The first kappa shape index (κ1) is 27.2. The van der Waals surface area contributed by atoms with Crippen LogP contribution in [0.1, 0.15) is 50.1 Å². The van der Waals surface area contributed by atoms with Crippen LogP contribution < -0.4 is 10.6 Å². The number of hydrogen-bond acceptors (Lipinski definition) is 4. The zero-order valence-electron chi connectivity index (χ0n) is 21.4. The summed E-state index contributed by atoms with van der Waals surface area (Å²) in [6.07, 6.45) is -2.74. The lowest BCUT2D eigenvalue weighted by atomic mass is 9.91. The van der Waals surface area contributed by atoms with Crippen LogP contribution in [-0.4, -0.2) is 51.8 Å². The van der Waals surface area contributed by atoms with E-state index in [1.165, 1.54) is 28.0 Å². The molecule has 0 saturated heterocycles. The van der Waals surface area contributed by atoms with Crippen molar-refractivity contribution in [3.8, 4) is 0 Å². The molecule has 1 aromatic heterocycles. The third-order valence-electron chi connectivity index (χ3n) is 6.69. The summed E-state index contributed by atoms with van der Waals surface area (Å²) in [6, 6.07) is 7.43. The summed E-state index contributed by atoms with van der Waals surface area (Å²) >= 11 is 0. The molecular weight excluding hydrogens is 499 g/mol. The van der Waals surface area contributed by atoms with Crippen LogP contribution in [0, 0.1) is 5.92 Å². The number of nitrogens with one attached hydrogen (secondary N) is 2. The number of nitrogens with zero attached hydrogens (tertiary/aromatic N) is 3. The molecule has 2 aromatic rings. The predicted octanol–water partition coefficient (Wildman–Crippen LogP) is 4.01. The average molecular weight is 530 g/mol. The number of carbonyl (C=O) groups is 3. The minimum absolute atomic E-state index is 0.0369. The molecule has 2 atom stereocenters. The smallest absolute Gasteiger partial charge is 0.349 e. The standard InChI is InChI=1S/C27H30F3N5O3/c1-4-34-21-15-35(20(13-16(2)3)24(36)32-14-17-9-7-8-12-31-17)25(37)22(21)23(33-26(34)38)18-10-5-6-11-19(18)27(28,29)30/h5-12,16,20,23H,4,13-15H2,1-3H3,(H,32,36)(H,33,38)/t20-,23+/m0/s1. The van der Waals surface area contributed by atoms with Gasteiger partial charge in [-0.1, -0.05) is 38.1 Å². The lowest BCUT2D eigenvalue weighted by Gasteiger charge is -2.33. The average Bonchev–Trinajstić information content (AvgIpc) is 3.22. The molecule has 11 heteroatoms. The molecule has 202 valence electrons. The van der Waals surface area contributed by atoms with Crippen molar-refractivity contribution < 1.29 is 27.6 Å². The van der Waals surface area contributed by atoms with E-state index in [9.17, 15) is 27.6 Å². The summed E-state index contributed by atoms with van der Waals surface area (Å²) in [5, 5.41) is 5.43. The Morgan fingerprint density at radius 3 is 2.50 bits per heavy atom. The minimum atomic E-state index is -4.68. The minimum Gasteiger partial charge on any atom is -0.349 e. The molecule has 4 amide bonds. The van der Waals surface area contributed by atoms with Gasteiger partial charge in [0.1, 0.15) is 6.04 Å². The van der Waals surface area contributed by atoms with Gasteiger partial charge in [0.2, 0.25) is 5.91 Å². The summed E-state index contributed by atoms with van der Waals surface area (Å²) in [5.41, 5.74) is -0.138. The third-order valence-corrected chi connectivity index (χ3v) is 6.69. The molecule has 0 fully saturated rings. The first-order valence-electron chi connectivity index (χ1n) is 12.5. The van der Waals surface area contributed by atoms with Crippen LogP contribution in [0.15, 0.2) is 59.9 Å². The zero-order valence-corrected chi connectivity index (χ0v) is 21.4. The third kappa shape index (κ3) is 5.36. The van der Waals surface area contributed by atoms with Gasteiger partial charge >= 0.3 is 12.2 Å². The molecule has 3 heterocycles. The molecule has 0 aliphatic carbocycles. The van der Waals surface area contributed by atoms with Crippen LogP contribution in [0.4, 0.5) is 18.0 Å². The maximum Gasteiger partial charge on any atom is 0.416 e. The maximum absolute atomic E-state index is 13.9. The maximum atomic E-state index is 13.9. The quantitative estimate of drug-likeness (QED) is 0.540. The van der Waals surface area contributed by atoms with Gasteiger partial charge in [-0.3, -0.25) is 19.5 Å². The number of rotatable bonds is 8. The Morgan fingerprint density at radius 1 is 1.16 bits per heavy atom. The van der Waals surface area contributed by atoms with Gasteiger partial charge in [-0.05, 0) is 43.0 Å². The molecular formula is C27H30F3N5O3. The number of halogens is 3. The monoisotopic (exact) mass is 529 g/mol. The van der Waals surface area contributed by atoms with E-state index in [1.807, 2.05) is 13.8 Å². The summed E-state index contributed by atoms with van der Waals surface area (Å²) in [4.78, 5) is 47.1. The number of carbonyl (C=O) groups excluding carboxylic acids is 3. The summed E-state index contributed by atoms with van der Waals surface area (Å²) < 4.78 is 41.6. The number of hydrogen-bond donors (Lipinski definition) is 2. The van der Waals surface area contributed by atoms with Crippen molar-refractivity contribution in [3.63, 3.8) is 0 Å². The van der Waals surface area contributed by atoms with Gasteiger partial charge in [0.15, 0.2) is 0 Å². The molecule has 2 aliphatic rings. The molecule has 0 bridgehead atoms.